The maximum Gasteiger partial charge on any atom is 0.494 e. The van der Waals surface area contributed by atoms with Crippen LogP contribution in [0.15, 0.2) is 315 Å². The predicted molar refractivity (Wildman–Crippen MR) is 547 cm³/mol. The van der Waals surface area contributed by atoms with Crippen LogP contribution in [0.25, 0.3) is 55.8 Å². The van der Waals surface area contributed by atoms with Crippen molar-refractivity contribution >= 4 is 103 Å². The number of alkyl halides is 3. The van der Waals surface area contributed by atoms with E-state index < -0.39 is 61.9 Å². The highest BCUT2D eigenvalue weighted by Crippen LogP contribution is 2.50. The van der Waals surface area contributed by atoms with Crippen LogP contribution in [0.4, 0.5) is 30.6 Å². The average Bonchev–Trinajstić information content (AvgIpc) is 1.57. The first kappa shape index (κ1) is 95.3. The van der Waals surface area contributed by atoms with E-state index in [0.717, 1.165) is 133 Å². The van der Waals surface area contributed by atoms with Crippen LogP contribution in [-0.2, 0) is 45.5 Å². The quantitative estimate of drug-likeness (QED) is 0.0609. The Kier molecular flexibility index (Phi) is 26.2. The number of hydrogen-bond acceptors (Lipinski definition) is 21. The molecule has 0 amide bonds. The summed E-state index contributed by atoms with van der Waals surface area (Å²) in [6.45, 7) is 30.9. The highest BCUT2D eigenvalue weighted by atomic mass is 79.9. The monoisotopic (exact) mass is 1990 g/mol. The molecule has 31 heteroatoms. The zero-order valence-electron chi connectivity index (χ0n) is 80.0. The molecule has 0 N–H and O–H groups in total. The molecule has 0 bridgehead atoms. The molecule has 0 unspecified atom stereocenters. The number of aromatic nitrogens is 11. The molecular weight excluding hydrogens is 1880 g/mol. The number of anilines is 3. The summed E-state index contributed by atoms with van der Waals surface area (Å²) in [5.74, 6) is 3.91. The summed E-state index contributed by atoms with van der Waals surface area (Å²) in [6, 6.07) is 94.1. The van der Waals surface area contributed by atoms with E-state index in [1.807, 2.05) is 161 Å². The molecule has 7 aromatic heterocycles. The van der Waals surface area contributed by atoms with Gasteiger partial charge < -0.3 is 51.5 Å². The highest BCUT2D eigenvalue weighted by Gasteiger charge is 2.64. The second-order valence-corrected chi connectivity index (χ2v) is 40.5. The molecule has 0 aliphatic carbocycles. The number of aliphatic imine (C=N–C) groups is 1. The molecule has 7 aliphatic rings. The number of benzene rings is 9. The highest BCUT2D eigenvalue weighted by molar-refractivity contribution is 9.10. The van der Waals surface area contributed by atoms with Crippen LogP contribution in [0.5, 0.6) is 0 Å². The molecule has 0 spiro atoms. The Bertz CT molecular complexity index is 6820. The van der Waals surface area contributed by atoms with Crippen LogP contribution in [-0.4, -0.2) is 173 Å². The van der Waals surface area contributed by atoms with Gasteiger partial charge in [0.1, 0.15) is 58.4 Å². The third-order valence-electron chi connectivity index (χ3n) is 28.0. The van der Waals surface area contributed by atoms with Crippen molar-refractivity contribution in [1.29, 1.82) is 0 Å². The average molecular weight is 1990 g/mol. The van der Waals surface area contributed by atoms with Crippen LogP contribution < -0.4 is 20.2 Å². The molecule has 14 heterocycles. The molecule has 0 atom stereocenters. The van der Waals surface area contributed by atoms with Gasteiger partial charge in [-0.05, 0) is 200 Å². The molecular formula is C108H107B3Br2F3N15O8. The van der Waals surface area contributed by atoms with E-state index in [9.17, 15) is 13.2 Å². The first-order valence-corrected chi connectivity index (χ1v) is 48.4. The van der Waals surface area contributed by atoms with E-state index in [2.05, 4.69) is 286 Å². The maximum absolute atomic E-state index is 13.9. The lowest BCUT2D eigenvalue weighted by molar-refractivity contribution is 0.00578. The molecule has 0 saturated carbocycles. The van der Waals surface area contributed by atoms with E-state index in [1.54, 1.807) is 32.4 Å². The van der Waals surface area contributed by atoms with Gasteiger partial charge in [0.2, 0.25) is 17.7 Å². The van der Waals surface area contributed by atoms with Crippen molar-refractivity contribution in [3.8, 4) is 34.0 Å². The third-order valence-corrected chi connectivity index (χ3v) is 28.8. The Hall–Kier alpha value is -12.6. The van der Waals surface area contributed by atoms with Crippen molar-refractivity contribution in [3.05, 3.63) is 363 Å². The van der Waals surface area contributed by atoms with Gasteiger partial charge in [-0.15, -0.1) is 20.4 Å². The van der Waals surface area contributed by atoms with E-state index in [-0.39, 0.29) is 22.4 Å². The standard InChI is InChI=1S/C40H38BFN4O2.C34H26BrFN4.C19H16FN5O.C12H24B2O4.C3H3BrN2O/c1-38(2)39(3,4)48-41(47-38)32-20-21-35-34(25-32)37(28-22-23-43-36(24-28)45-26-33(42)27-45)44-46(35)40(29-14-8-5-9-15-29,30-16-10-6-11-17-30)31-18-12-7-13-19-31;35-28-16-17-31-30(21-28)33(24-18-19-37-32(20-24)39-22-29(36)23-39)38-40(31)34(25-10-4-1-5-11-25,26-12-6-2-7-13-26)27-14-8-3-9-15-27;1-11-23-24-19(26-11)13-2-3-14-8-22-18(16(14)6-13)12-4-5-21-17(7-12)25-9-15(20)10-25;1-9(2)10(3,4)16-13(15-9)14-17-11(5,6)12(7,8)18-14;1-2-5-6-3(4)7-2/h5-25,33H,26-27H2,1-4H3;1-21,29H,22-23H2;2-7,15H,8-10H2,1H3;1-8H3;1H3. The van der Waals surface area contributed by atoms with Gasteiger partial charge in [0.15, 0.2) is 0 Å². The molecule has 6 fully saturated rings. The van der Waals surface area contributed by atoms with Crippen LogP contribution >= 0.6 is 31.9 Å². The Balaban J connectivity index is 0.000000121. The fourth-order valence-corrected chi connectivity index (χ4v) is 19.1. The lowest BCUT2D eigenvalue weighted by Gasteiger charge is -2.37. The SMILES string of the molecule is CC1(C)OB(B2OC(C)(C)C(C)(C)O2)OC1(C)C.CC1(C)OB(c2ccc3c(c2)c(-c2ccnc(N4CC(F)C4)c2)nn3C(c2ccccc2)(c2ccccc2)c2ccccc2)OC1(C)C.Cc1nnc(-c2ccc3c(c2)C(c2ccnc(N4CC(F)C4)c2)=NC3)o1.Cc1nnc(Br)o1.FC1CN(c2cc(-c3nn(C(c4ccccc4)(c4ccccc4)c4ccccc4)c4ccc(Br)cc34)ccn2)C1. The van der Waals surface area contributed by atoms with Crippen molar-refractivity contribution in [2.75, 3.05) is 54.0 Å². The number of pyridine rings is 3. The van der Waals surface area contributed by atoms with Crippen LogP contribution in [0.3, 0.4) is 0 Å². The van der Waals surface area contributed by atoms with Gasteiger partial charge in [-0.25, -0.2) is 37.5 Å². The molecule has 0 radical (unpaired) electrons. The van der Waals surface area contributed by atoms with E-state index in [0.29, 0.717) is 68.3 Å². The van der Waals surface area contributed by atoms with Gasteiger partial charge in [-0.3, -0.25) is 4.99 Å². The van der Waals surface area contributed by atoms with Crippen LogP contribution in [0.1, 0.15) is 145 Å². The Morgan fingerprint density at radius 2 is 0.712 bits per heavy atom. The van der Waals surface area contributed by atoms with Crippen LogP contribution in [0, 0.1) is 13.8 Å². The zero-order valence-corrected chi connectivity index (χ0v) is 83.2. The Labute approximate surface area is 825 Å². The van der Waals surface area contributed by atoms with Gasteiger partial charge in [0.25, 0.3) is 4.80 Å². The van der Waals surface area contributed by atoms with Gasteiger partial charge in [-0.2, -0.15) is 10.2 Å². The number of aryl methyl sites for hydroxylation is 2. The van der Waals surface area contributed by atoms with E-state index in [1.165, 1.54) is 0 Å². The van der Waals surface area contributed by atoms with Crippen molar-refractivity contribution in [3.63, 3.8) is 0 Å². The minimum absolute atomic E-state index is 0.344. The Morgan fingerprint density at radius 3 is 1.06 bits per heavy atom. The van der Waals surface area contributed by atoms with Crippen molar-refractivity contribution in [1.82, 2.24) is 54.9 Å². The van der Waals surface area contributed by atoms with E-state index in [4.69, 9.17) is 52.0 Å². The summed E-state index contributed by atoms with van der Waals surface area (Å²) < 4.78 is 93.2. The fourth-order valence-electron chi connectivity index (χ4n) is 18.4. The van der Waals surface area contributed by atoms with Gasteiger partial charge in [0.05, 0.1) is 96.2 Å². The molecule has 9 aromatic carbocycles. The number of nitrogens with zero attached hydrogens (tertiary/aromatic N) is 15. The van der Waals surface area contributed by atoms with Gasteiger partial charge in [-0.1, -0.05) is 216 Å². The molecule has 139 heavy (non-hydrogen) atoms. The third kappa shape index (κ3) is 18.6. The van der Waals surface area contributed by atoms with Crippen molar-refractivity contribution < 1.29 is 49.9 Å². The minimum atomic E-state index is -0.832. The molecule has 23 nitrogen and oxygen atoms in total. The second-order valence-electron chi connectivity index (χ2n) is 38.9. The molecule has 16 aromatic rings. The summed E-state index contributed by atoms with van der Waals surface area (Å²) in [5.41, 5.74) is 14.0. The summed E-state index contributed by atoms with van der Waals surface area (Å²) in [6.07, 6.45) is 2.94. The minimum Gasteiger partial charge on any atom is -0.421 e. The normalized spacial score (nSPS) is 17.7. The number of hydrogen-bond donors (Lipinski definition) is 0. The molecule has 23 rings (SSSR count). The van der Waals surface area contributed by atoms with Crippen LogP contribution in [0.2, 0.25) is 0 Å². The molecule has 6 saturated heterocycles. The summed E-state index contributed by atoms with van der Waals surface area (Å²) in [7, 11) is -1.49. The lowest BCUT2D eigenvalue weighted by atomic mass is 9.49. The largest absolute Gasteiger partial charge is 0.494 e. The molecule has 706 valence electrons. The maximum atomic E-state index is 13.9. The first-order valence-electron chi connectivity index (χ1n) is 46.8. The lowest BCUT2D eigenvalue weighted by Crippen LogP contribution is -2.48. The second kappa shape index (κ2) is 38.2. The van der Waals surface area contributed by atoms with Crippen molar-refractivity contribution in [2.24, 2.45) is 4.99 Å². The van der Waals surface area contributed by atoms with E-state index >= 15 is 0 Å². The Morgan fingerprint density at radius 1 is 0.360 bits per heavy atom. The van der Waals surface area contributed by atoms with Gasteiger partial charge in [0, 0.05) is 91.4 Å². The smallest absolute Gasteiger partial charge is 0.421 e. The van der Waals surface area contributed by atoms with Gasteiger partial charge >= 0.3 is 21.1 Å². The number of rotatable bonds is 17. The summed E-state index contributed by atoms with van der Waals surface area (Å²) in [5, 5.41) is 28.0. The molecule has 7 aliphatic heterocycles. The number of fused-ring (bicyclic) bond motifs is 3. The topological polar surface area (TPSA) is 230 Å². The first-order chi connectivity index (χ1) is 66.6. The predicted octanol–water partition coefficient (Wildman–Crippen LogP) is 21.6. The summed E-state index contributed by atoms with van der Waals surface area (Å²) >= 11 is 6.69. The fraction of sp³-hybridized carbons (Fsp3) is 0.296. The van der Waals surface area contributed by atoms with Crippen molar-refractivity contribution in [2.45, 2.75) is 167 Å². The number of halogens is 5. The zero-order chi connectivity index (χ0) is 97.1. The summed E-state index contributed by atoms with van der Waals surface area (Å²) in [4.78, 5) is 24.5.